The molecule has 6 nitrogen and oxygen atoms in total. The SMILES string of the molecule is COc1cc(CNc2cc3c(cc2Br)CCNC3=O)ncn1. The molecule has 0 fully saturated rings. The van der Waals surface area contributed by atoms with Crippen molar-refractivity contribution in [3.05, 3.63) is 45.8 Å². The fraction of sp³-hybridized carbons (Fsp3) is 0.267. The van der Waals surface area contributed by atoms with Crippen LogP contribution in [0.1, 0.15) is 21.6 Å². The number of nitrogens with one attached hydrogen (secondary N) is 2. The van der Waals surface area contributed by atoms with Gasteiger partial charge in [-0.05, 0) is 40.0 Å². The van der Waals surface area contributed by atoms with Gasteiger partial charge in [0.25, 0.3) is 5.91 Å². The number of nitrogens with zero attached hydrogens (tertiary/aromatic N) is 2. The number of carbonyl (C=O) groups is 1. The van der Waals surface area contributed by atoms with Crippen molar-refractivity contribution in [2.75, 3.05) is 19.0 Å². The first kappa shape index (κ1) is 14.8. The van der Waals surface area contributed by atoms with E-state index >= 15 is 0 Å². The minimum absolute atomic E-state index is 0.0273. The molecule has 1 aromatic carbocycles. The van der Waals surface area contributed by atoms with Crippen LogP contribution in [0.4, 0.5) is 5.69 Å². The zero-order valence-electron chi connectivity index (χ0n) is 12.0. The number of methoxy groups -OCH3 is 1. The normalized spacial score (nSPS) is 13.3. The van der Waals surface area contributed by atoms with Crippen LogP contribution in [0.5, 0.6) is 5.88 Å². The number of hydrogen-bond acceptors (Lipinski definition) is 5. The van der Waals surface area contributed by atoms with Gasteiger partial charge < -0.3 is 15.4 Å². The van der Waals surface area contributed by atoms with Crippen molar-refractivity contribution in [3.8, 4) is 5.88 Å². The van der Waals surface area contributed by atoms with Gasteiger partial charge in [0.15, 0.2) is 0 Å². The van der Waals surface area contributed by atoms with Gasteiger partial charge >= 0.3 is 0 Å². The molecule has 7 heteroatoms. The average Bonchev–Trinajstić information content (AvgIpc) is 2.53. The molecule has 0 saturated carbocycles. The predicted octanol–water partition coefficient (Wildman–Crippen LogP) is 2.15. The van der Waals surface area contributed by atoms with Crippen LogP contribution in [-0.2, 0) is 13.0 Å². The Hall–Kier alpha value is -2.15. The quantitative estimate of drug-likeness (QED) is 0.871. The van der Waals surface area contributed by atoms with E-state index in [0.717, 1.165) is 33.4 Å². The minimum Gasteiger partial charge on any atom is -0.481 e. The predicted molar refractivity (Wildman–Crippen MR) is 86.1 cm³/mol. The standard InChI is InChI=1S/C15H15BrN4O2/c1-22-14-5-10(19-8-20-14)7-18-13-6-11-9(4-12(13)16)2-3-17-15(11)21/h4-6,8,18H,2-3,7H2,1H3,(H,17,21). The average molecular weight is 363 g/mol. The van der Waals surface area contributed by atoms with Crippen molar-refractivity contribution in [2.24, 2.45) is 0 Å². The van der Waals surface area contributed by atoms with Gasteiger partial charge in [-0.15, -0.1) is 0 Å². The number of anilines is 1. The summed E-state index contributed by atoms with van der Waals surface area (Å²) < 4.78 is 6.01. The maximum absolute atomic E-state index is 11.9. The molecule has 1 aliphatic heterocycles. The molecule has 1 aromatic heterocycles. The van der Waals surface area contributed by atoms with E-state index < -0.39 is 0 Å². The zero-order valence-corrected chi connectivity index (χ0v) is 13.6. The van der Waals surface area contributed by atoms with Crippen LogP contribution in [0.25, 0.3) is 0 Å². The number of carbonyl (C=O) groups excluding carboxylic acids is 1. The van der Waals surface area contributed by atoms with E-state index in [0.29, 0.717) is 19.0 Å². The molecule has 1 amide bonds. The first-order valence-corrected chi connectivity index (χ1v) is 7.66. The topological polar surface area (TPSA) is 76.1 Å². The van der Waals surface area contributed by atoms with Crippen molar-refractivity contribution in [1.82, 2.24) is 15.3 Å². The lowest BCUT2D eigenvalue weighted by atomic mass is 10.00. The highest BCUT2D eigenvalue weighted by molar-refractivity contribution is 9.10. The fourth-order valence-electron chi connectivity index (χ4n) is 2.35. The third kappa shape index (κ3) is 3.04. The summed E-state index contributed by atoms with van der Waals surface area (Å²) in [4.78, 5) is 20.1. The lowest BCUT2D eigenvalue weighted by Crippen LogP contribution is -2.31. The lowest BCUT2D eigenvalue weighted by molar-refractivity contribution is 0.0946. The molecule has 3 rings (SSSR count). The molecule has 0 bridgehead atoms. The molecule has 0 unspecified atom stereocenters. The maximum atomic E-state index is 11.9. The number of rotatable bonds is 4. The van der Waals surface area contributed by atoms with Crippen molar-refractivity contribution >= 4 is 27.5 Å². The largest absolute Gasteiger partial charge is 0.481 e. The van der Waals surface area contributed by atoms with Crippen LogP contribution in [0, 0.1) is 0 Å². The number of amides is 1. The summed E-state index contributed by atoms with van der Waals surface area (Å²) in [6.45, 7) is 1.20. The fourth-order valence-corrected chi connectivity index (χ4v) is 2.88. The first-order valence-electron chi connectivity index (χ1n) is 6.87. The molecule has 2 aromatic rings. The van der Waals surface area contributed by atoms with E-state index in [1.165, 1.54) is 6.33 Å². The van der Waals surface area contributed by atoms with Gasteiger partial charge in [-0.2, -0.15) is 0 Å². The Morgan fingerprint density at radius 2 is 2.23 bits per heavy atom. The molecule has 0 radical (unpaired) electrons. The Morgan fingerprint density at radius 1 is 1.36 bits per heavy atom. The number of ether oxygens (including phenoxy) is 1. The molecule has 22 heavy (non-hydrogen) atoms. The van der Waals surface area contributed by atoms with Crippen LogP contribution >= 0.6 is 15.9 Å². The molecule has 0 aliphatic carbocycles. The van der Waals surface area contributed by atoms with E-state index in [2.05, 4.69) is 36.5 Å². The number of aromatic nitrogens is 2. The van der Waals surface area contributed by atoms with Gasteiger partial charge in [0.2, 0.25) is 5.88 Å². The van der Waals surface area contributed by atoms with Crippen molar-refractivity contribution < 1.29 is 9.53 Å². The molecule has 1 aliphatic rings. The maximum Gasteiger partial charge on any atom is 0.251 e. The molecule has 114 valence electrons. The summed E-state index contributed by atoms with van der Waals surface area (Å²) >= 11 is 3.55. The number of hydrogen-bond donors (Lipinski definition) is 2. The molecule has 2 heterocycles. The Balaban J connectivity index is 1.80. The molecule has 0 spiro atoms. The van der Waals surface area contributed by atoms with Gasteiger partial charge in [-0.1, -0.05) is 0 Å². The summed E-state index contributed by atoms with van der Waals surface area (Å²) in [7, 11) is 1.57. The van der Waals surface area contributed by atoms with E-state index in [-0.39, 0.29) is 5.91 Å². The number of benzene rings is 1. The van der Waals surface area contributed by atoms with Crippen molar-refractivity contribution in [3.63, 3.8) is 0 Å². The second kappa shape index (κ2) is 6.31. The van der Waals surface area contributed by atoms with Crippen LogP contribution in [0.15, 0.2) is 29.0 Å². The van der Waals surface area contributed by atoms with Crippen molar-refractivity contribution in [1.29, 1.82) is 0 Å². The smallest absolute Gasteiger partial charge is 0.251 e. The third-order valence-corrected chi connectivity index (χ3v) is 4.14. The van der Waals surface area contributed by atoms with Crippen LogP contribution in [0.3, 0.4) is 0 Å². The van der Waals surface area contributed by atoms with Crippen molar-refractivity contribution in [2.45, 2.75) is 13.0 Å². The van der Waals surface area contributed by atoms with Crippen LogP contribution in [0.2, 0.25) is 0 Å². The highest BCUT2D eigenvalue weighted by Crippen LogP contribution is 2.28. The molecular weight excluding hydrogens is 348 g/mol. The Kier molecular flexibility index (Phi) is 4.24. The Morgan fingerprint density at radius 3 is 3.05 bits per heavy atom. The van der Waals surface area contributed by atoms with E-state index in [9.17, 15) is 4.79 Å². The Bertz CT molecular complexity index is 721. The van der Waals surface area contributed by atoms with E-state index in [4.69, 9.17) is 4.74 Å². The Labute approximate surface area is 136 Å². The van der Waals surface area contributed by atoms with Gasteiger partial charge in [-0.3, -0.25) is 4.79 Å². The molecule has 0 atom stereocenters. The van der Waals surface area contributed by atoms with Crippen LogP contribution in [-0.4, -0.2) is 29.5 Å². The summed E-state index contributed by atoms with van der Waals surface area (Å²) in [6, 6.07) is 5.63. The van der Waals surface area contributed by atoms with Gasteiger partial charge in [0.1, 0.15) is 6.33 Å². The van der Waals surface area contributed by atoms with E-state index in [1.807, 2.05) is 12.1 Å². The number of fused-ring (bicyclic) bond motifs is 1. The van der Waals surface area contributed by atoms with Crippen LogP contribution < -0.4 is 15.4 Å². The second-order valence-electron chi connectivity index (χ2n) is 4.90. The molecular formula is C15H15BrN4O2. The highest BCUT2D eigenvalue weighted by Gasteiger charge is 2.18. The summed E-state index contributed by atoms with van der Waals surface area (Å²) in [6.07, 6.45) is 2.31. The van der Waals surface area contributed by atoms with Gasteiger partial charge in [-0.25, -0.2) is 9.97 Å². The highest BCUT2D eigenvalue weighted by atomic mass is 79.9. The molecule has 0 saturated heterocycles. The monoisotopic (exact) mass is 362 g/mol. The van der Waals surface area contributed by atoms with E-state index in [1.54, 1.807) is 13.2 Å². The summed E-state index contributed by atoms with van der Waals surface area (Å²) in [5.41, 5.74) is 3.44. The van der Waals surface area contributed by atoms with Gasteiger partial charge in [0.05, 0.1) is 19.3 Å². The lowest BCUT2D eigenvalue weighted by Gasteiger charge is -2.19. The summed E-state index contributed by atoms with van der Waals surface area (Å²) in [5.74, 6) is 0.496. The number of halogens is 1. The van der Waals surface area contributed by atoms with Gasteiger partial charge in [0, 0.05) is 28.3 Å². The third-order valence-electron chi connectivity index (χ3n) is 3.49. The first-order chi connectivity index (χ1) is 10.7. The summed E-state index contributed by atoms with van der Waals surface area (Å²) in [5, 5.41) is 6.13. The molecule has 2 N–H and O–H groups in total. The minimum atomic E-state index is -0.0273. The zero-order chi connectivity index (χ0) is 15.5. The second-order valence-corrected chi connectivity index (χ2v) is 5.75.